The Balaban J connectivity index is 1.89. The fraction of sp³-hybridized carbons (Fsp3) is 0.250. The van der Waals surface area contributed by atoms with Crippen LogP contribution in [0.3, 0.4) is 0 Å². The van der Waals surface area contributed by atoms with Gasteiger partial charge in [0, 0.05) is 12.6 Å². The lowest BCUT2D eigenvalue weighted by molar-refractivity contribution is 0.241. The first-order chi connectivity index (χ1) is 9.28. The van der Waals surface area contributed by atoms with E-state index in [0.29, 0.717) is 6.54 Å². The van der Waals surface area contributed by atoms with Crippen molar-refractivity contribution in [3.63, 3.8) is 0 Å². The zero-order chi connectivity index (χ0) is 13.5. The van der Waals surface area contributed by atoms with Gasteiger partial charge >= 0.3 is 0 Å². The number of hydrogen-bond donors (Lipinski definition) is 2. The summed E-state index contributed by atoms with van der Waals surface area (Å²) in [6.45, 7) is 0.611. The van der Waals surface area contributed by atoms with Gasteiger partial charge in [0.2, 0.25) is 0 Å². The van der Waals surface area contributed by atoms with Crippen molar-refractivity contribution in [2.24, 2.45) is 0 Å². The summed E-state index contributed by atoms with van der Waals surface area (Å²) < 4.78 is 13.0. The van der Waals surface area contributed by atoms with Gasteiger partial charge in [-0.15, -0.1) is 0 Å². The van der Waals surface area contributed by atoms with Gasteiger partial charge in [0.05, 0.1) is 6.61 Å². The van der Waals surface area contributed by atoms with Crippen molar-refractivity contribution in [3.8, 4) is 0 Å². The van der Waals surface area contributed by atoms with E-state index in [1.165, 1.54) is 17.7 Å². The minimum atomic E-state index is -0.233. The Bertz CT molecular complexity index is 501. The molecule has 1 atom stereocenters. The van der Waals surface area contributed by atoms with Crippen LogP contribution in [0.4, 0.5) is 4.39 Å². The number of hydrogen-bond acceptors (Lipinski definition) is 2. The van der Waals surface area contributed by atoms with Gasteiger partial charge < -0.3 is 10.4 Å². The van der Waals surface area contributed by atoms with Crippen LogP contribution in [0.5, 0.6) is 0 Å². The Hall–Kier alpha value is -1.71. The van der Waals surface area contributed by atoms with E-state index in [1.807, 2.05) is 36.4 Å². The third kappa shape index (κ3) is 4.47. The fourth-order valence-corrected chi connectivity index (χ4v) is 2.01. The maximum atomic E-state index is 13.0. The van der Waals surface area contributed by atoms with E-state index in [0.717, 1.165) is 12.0 Å². The Morgan fingerprint density at radius 1 is 1.00 bits per heavy atom. The topological polar surface area (TPSA) is 32.3 Å². The molecule has 0 radical (unpaired) electrons. The molecule has 3 heteroatoms. The monoisotopic (exact) mass is 259 g/mol. The van der Waals surface area contributed by atoms with Gasteiger partial charge in [0.1, 0.15) is 5.82 Å². The predicted octanol–water partition coefficient (Wildman–Crippen LogP) is 2.52. The molecule has 100 valence electrons. The first-order valence-corrected chi connectivity index (χ1v) is 6.40. The zero-order valence-electron chi connectivity index (χ0n) is 10.7. The summed E-state index contributed by atoms with van der Waals surface area (Å²) in [5.74, 6) is -0.233. The van der Waals surface area contributed by atoms with Crippen LogP contribution in [0.25, 0.3) is 0 Å². The molecule has 0 amide bonds. The maximum Gasteiger partial charge on any atom is 0.123 e. The third-order valence-electron chi connectivity index (χ3n) is 3.03. The zero-order valence-corrected chi connectivity index (χ0v) is 10.7. The first kappa shape index (κ1) is 13.7. The molecule has 2 aromatic carbocycles. The van der Waals surface area contributed by atoms with Gasteiger partial charge in [0.15, 0.2) is 0 Å². The van der Waals surface area contributed by atoms with Gasteiger partial charge in [-0.2, -0.15) is 0 Å². The summed E-state index contributed by atoms with van der Waals surface area (Å²) in [6, 6.07) is 16.5. The van der Waals surface area contributed by atoms with E-state index in [9.17, 15) is 9.50 Å². The minimum Gasteiger partial charge on any atom is -0.395 e. The Morgan fingerprint density at radius 3 is 2.42 bits per heavy atom. The second-order valence-electron chi connectivity index (χ2n) is 4.58. The van der Waals surface area contributed by atoms with Crippen molar-refractivity contribution in [1.29, 1.82) is 0 Å². The summed E-state index contributed by atoms with van der Waals surface area (Å²) in [7, 11) is 0. The number of rotatable bonds is 6. The number of aliphatic hydroxyl groups excluding tert-OH is 1. The largest absolute Gasteiger partial charge is 0.395 e. The summed E-state index contributed by atoms with van der Waals surface area (Å²) in [6.07, 6.45) is 0.757. The molecule has 2 rings (SSSR count). The smallest absolute Gasteiger partial charge is 0.123 e. The van der Waals surface area contributed by atoms with Crippen LogP contribution in [-0.2, 0) is 13.0 Å². The molecular formula is C16H18FNO. The summed E-state index contributed by atoms with van der Waals surface area (Å²) in [5.41, 5.74) is 2.06. The molecule has 0 heterocycles. The fourth-order valence-electron chi connectivity index (χ4n) is 2.01. The molecule has 0 fully saturated rings. The lowest BCUT2D eigenvalue weighted by Crippen LogP contribution is -2.34. The molecule has 2 aromatic rings. The minimum absolute atomic E-state index is 0.0225. The van der Waals surface area contributed by atoms with Crippen LogP contribution in [0.1, 0.15) is 11.1 Å². The normalized spacial score (nSPS) is 12.3. The van der Waals surface area contributed by atoms with E-state index in [1.54, 1.807) is 6.07 Å². The molecule has 0 saturated heterocycles. The third-order valence-corrected chi connectivity index (χ3v) is 3.03. The quantitative estimate of drug-likeness (QED) is 0.835. The van der Waals surface area contributed by atoms with Gasteiger partial charge in [-0.05, 0) is 29.7 Å². The van der Waals surface area contributed by atoms with Crippen molar-refractivity contribution in [2.75, 3.05) is 6.61 Å². The van der Waals surface area contributed by atoms with E-state index in [2.05, 4.69) is 5.32 Å². The molecule has 2 nitrogen and oxygen atoms in total. The van der Waals surface area contributed by atoms with Crippen LogP contribution in [-0.4, -0.2) is 17.8 Å². The molecule has 2 N–H and O–H groups in total. The van der Waals surface area contributed by atoms with Crippen LogP contribution in [0.15, 0.2) is 54.6 Å². The van der Waals surface area contributed by atoms with E-state index < -0.39 is 0 Å². The van der Waals surface area contributed by atoms with Crippen molar-refractivity contribution in [1.82, 2.24) is 5.32 Å². The Labute approximate surface area is 112 Å². The molecule has 0 aromatic heterocycles. The number of halogens is 1. The van der Waals surface area contributed by atoms with Gasteiger partial charge in [-0.25, -0.2) is 4.39 Å². The summed E-state index contributed by atoms with van der Waals surface area (Å²) >= 11 is 0. The van der Waals surface area contributed by atoms with Crippen LogP contribution in [0.2, 0.25) is 0 Å². The molecular weight excluding hydrogens is 241 g/mol. The second kappa shape index (κ2) is 7.02. The number of aliphatic hydroxyl groups is 1. The van der Waals surface area contributed by atoms with E-state index >= 15 is 0 Å². The molecule has 0 bridgehead atoms. The summed E-state index contributed by atoms with van der Waals surface area (Å²) in [4.78, 5) is 0. The van der Waals surface area contributed by atoms with Crippen LogP contribution < -0.4 is 5.32 Å². The Morgan fingerprint density at radius 2 is 1.74 bits per heavy atom. The second-order valence-corrected chi connectivity index (χ2v) is 4.58. The predicted molar refractivity (Wildman–Crippen MR) is 74.3 cm³/mol. The van der Waals surface area contributed by atoms with Gasteiger partial charge in [-0.3, -0.25) is 0 Å². The van der Waals surface area contributed by atoms with Crippen LogP contribution >= 0.6 is 0 Å². The van der Waals surface area contributed by atoms with E-state index in [4.69, 9.17) is 0 Å². The highest BCUT2D eigenvalue weighted by molar-refractivity contribution is 5.17. The highest BCUT2D eigenvalue weighted by Crippen LogP contribution is 2.06. The summed E-state index contributed by atoms with van der Waals surface area (Å²) in [5, 5.41) is 12.6. The van der Waals surface area contributed by atoms with Gasteiger partial charge in [0.25, 0.3) is 0 Å². The lowest BCUT2D eigenvalue weighted by Gasteiger charge is -2.16. The maximum absolute atomic E-state index is 13.0. The Kier molecular flexibility index (Phi) is 5.07. The van der Waals surface area contributed by atoms with Crippen LogP contribution in [0, 0.1) is 5.82 Å². The van der Waals surface area contributed by atoms with Crippen molar-refractivity contribution in [2.45, 2.75) is 19.0 Å². The molecule has 19 heavy (non-hydrogen) atoms. The highest BCUT2D eigenvalue weighted by Gasteiger charge is 2.07. The van der Waals surface area contributed by atoms with Crippen molar-refractivity contribution >= 4 is 0 Å². The average molecular weight is 259 g/mol. The van der Waals surface area contributed by atoms with Crippen molar-refractivity contribution < 1.29 is 9.50 Å². The lowest BCUT2D eigenvalue weighted by atomic mass is 10.1. The molecule has 0 aliphatic heterocycles. The SMILES string of the molecule is OCC(Cc1ccccc1)NCc1cccc(F)c1. The highest BCUT2D eigenvalue weighted by atomic mass is 19.1. The molecule has 0 saturated carbocycles. The molecule has 0 spiro atoms. The van der Waals surface area contributed by atoms with Gasteiger partial charge in [-0.1, -0.05) is 42.5 Å². The number of benzene rings is 2. The standard InChI is InChI=1S/C16H18FNO/c17-15-8-4-7-14(9-15)11-18-16(12-19)10-13-5-2-1-3-6-13/h1-9,16,18-19H,10-12H2. The molecule has 1 unspecified atom stereocenters. The average Bonchev–Trinajstić information content (AvgIpc) is 2.44. The van der Waals surface area contributed by atoms with Crippen molar-refractivity contribution in [3.05, 3.63) is 71.5 Å². The molecule has 0 aliphatic rings. The van der Waals surface area contributed by atoms with E-state index in [-0.39, 0.29) is 18.5 Å². The first-order valence-electron chi connectivity index (χ1n) is 6.40. The molecule has 0 aliphatic carbocycles. The number of nitrogens with one attached hydrogen (secondary N) is 1.